The third kappa shape index (κ3) is 8.16. The Morgan fingerprint density at radius 2 is 1.67 bits per heavy atom. The summed E-state index contributed by atoms with van der Waals surface area (Å²) in [5, 5.41) is 16.7. The van der Waals surface area contributed by atoms with Crippen molar-refractivity contribution in [1.82, 2.24) is 16.0 Å². The zero-order chi connectivity index (χ0) is 16.4. The first kappa shape index (κ1) is 19.2. The van der Waals surface area contributed by atoms with Gasteiger partial charge in [-0.05, 0) is 19.3 Å². The Kier molecular flexibility index (Phi) is 9.16. The lowest BCUT2D eigenvalue weighted by atomic mass is 9.99. The molecule has 7 nitrogen and oxygen atoms in total. The molecule has 3 atom stereocenters. The van der Waals surface area contributed by atoms with Gasteiger partial charge in [0, 0.05) is 19.0 Å². The summed E-state index contributed by atoms with van der Waals surface area (Å²) in [6.07, 6.45) is 1.66. The van der Waals surface area contributed by atoms with Gasteiger partial charge in [-0.15, -0.1) is 0 Å². The monoisotopic (exact) mass is 301 g/mol. The van der Waals surface area contributed by atoms with Gasteiger partial charge in [-0.2, -0.15) is 0 Å². The van der Waals surface area contributed by atoms with Crippen molar-refractivity contribution in [2.45, 2.75) is 59.0 Å². The van der Waals surface area contributed by atoms with E-state index in [0.717, 1.165) is 6.42 Å². The van der Waals surface area contributed by atoms with E-state index < -0.39 is 18.0 Å². The molecule has 0 rings (SSSR count). The van der Waals surface area contributed by atoms with Crippen LogP contribution in [0.3, 0.4) is 0 Å². The predicted octanol–water partition coefficient (Wildman–Crippen LogP) is 1.09. The first-order valence-corrected chi connectivity index (χ1v) is 7.38. The molecule has 0 bridgehead atoms. The fourth-order valence-corrected chi connectivity index (χ4v) is 1.61. The molecule has 3 amide bonds. The minimum absolute atomic E-state index is 0.105. The molecule has 0 saturated carbocycles. The molecule has 0 aliphatic carbocycles. The third-order valence-electron chi connectivity index (χ3n) is 3.42. The van der Waals surface area contributed by atoms with E-state index in [1.165, 1.54) is 0 Å². The van der Waals surface area contributed by atoms with E-state index in [0.29, 0.717) is 6.42 Å². The zero-order valence-corrected chi connectivity index (χ0v) is 13.2. The maximum Gasteiger partial charge on any atom is 0.326 e. The highest BCUT2D eigenvalue weighted by Crippen LogP contribution is 2.07. The lowest BCUT2D eigenvalue weighted by molar-refractivity contribution is -0.140. The molecule has 0 spiro atoms. The summed E-state index contributed by atoms with van der Waals surface area (Å²) in [7, 11) is 0. The number of carbonyl (C=O) groups excluding carboxylic acids is 2. The molecular formula is C14H27N3O4. The van der Waals surface area contributed by atoms with Gasteiger partial charge in [-0.3, -0.25) is 4.79 Å². The number of aliphatic carboxylic acids is 1. The van der Waals surface area contributed by atoms with Gasteiger partial charge in [0.15, 0.2) is 0 Å². The highest BCUT2D eigenvalue weighted by atomic mass is 16.4. The van der Waals surface area contributed by atoms with Crippen LogP contribution in [0.15, 0.2) is 0 Å². The lowest BCUT2D eigenvalue weighted by Gasteiger charge is -2.20. The number of nitrogens with one attached hydrogen (secondary N) is 3. The molecule has 0 saturated heterocycles. The van der Waals surface area contributed by atoms with E-state index in [1.54, 1.807) is 6.92 Å². The molecule has 2 unspecified atom stereocenters. The number of carbonyl (C=O) groups is 3. The normalized spacial score (nSPS) is 14.7. The highest BCUT2D eigenvalue weighted by Gasteiger charge is 2.25. The topological polar surface area (TPSA) is 108 Å². The molecule has 21 heavy (non-hydrogen) atoms. The van der Waals surface area contributed by atoms with Crippen LogP contribution in [0.25, 0.3) is 0 Å². The number of carboxylic acid groups (broad SMARTS) is 1. The molecule has 0 aromatic heterocycles. The van der Waals surface area contributed by atoms with Crippen LogP contribution in [-0.4, -0.2) is 41.6 Å². The third-order valence-corrected chi connectivity index (χ3v) is 3.42. The number of hydrogen-bond donors (Lipinski definition) is 4. The van der Waals surface area contributed by atoms with Gasteiger partial charge in [-0.1, -0.05) is 27.2 Å². The first-order valence-electron chi connectivity index (χ1n) is 7.38. The van der Waals surface area contributed by atoms with Gasteiger partial charge in [0.05, 0.1) is 0 Å². The van der Waals surface area contributed by atoms with Crippen molar-refractivity contribution in [3.8, 4) is 0 Å². The maximum absolute atomic E-state index is 11.6. The Labute approximate surface area is 125 Å². The van der Waals surface area contributed by atoms with Gasteiger partial charge < -0.3 is 21.1 Å². The van der Waals surface area contributed by atoms with E-state index in [4.69, 9.17) is 5.11 Å². The SMILES string of the molecule is CCC(C)NC(=O)CCNC(=O)N[C@H](C(=O)O)C(C)CC. The summed E-state index contributed by atoms with van der Waals surface area (Å²) in [6, 6.07) is -1.39. The van der Waals surface area contributed by atoms with E-state index >= 15 is 0 Å². The van der Waals surface area contributed by atoms with Crippen molar-refractivity contribution in [3.05, 3.63) is 0 Å². The Morgan fingerprint density at radius 1 is 1.05 bits per heavy atom. The van der Waals surface area contributed by atoms with Crippen LogP contribution in [0.5, 0.6) is 0 Å². The number of carboxylic acids is 1. The molecule has 0 aliphatic rings. The lowest BCUT2D eigenvalue weighted by Crippen LogP contribution is -2.49. The molecule has 0 radical (unpaired) electrons. The van der Waals surface area contributed by atoms with E-state index in [2.05, 4.69) is 16.0 Å². The average molecular weight is 301 g/mol. The fourth-order valence-electron chi connectivity index (χ4n) is 1.61. The van der Waals surface area contributed by atoms with Crippen LogP contribution in [0.4, 0.5) is 4.79 Å². The highest BCUT2D eigenvalue weighted by molar-refractivity contribution is 5.83. The summed E-state index contributed by atoms with van der Waals surface area (Å²) in [4.78, 5) is 34.2. The van der Waals surface area contributed by atoms with E-state index in [9.17, 15) is 14.4 Å². The van der Waals surface area contributed by atoms with Gasteiger partial charge in [0.1, 0.15) is 6.04 Å². The average Bonchev–Trinajstić information content (AvgIpc) is 2.43. The van der Waals surface area contributed by atoms with Gasteiger partial charge in [-0.25, -0.2) is 9.59 Å². The Bertz CT molecular complexity index is 360. The molecule has 122 valence electrons. The van der Waals surface area contributed by atoms with Crippen LogP contribution in [0.1, 0.15) is 47.0 Å². The number of amides is 3. The Hall–Kier alpha value is -1.79. The second-order valence-electron chi connectivity index (χ2n) is 5.23. The quantitative estimate of drug-likeness (QED) is 0.511. The fraction of sp³-hybridized carbons (Fsp3) is 0.786. The van der Waals surface area contributed by atoms with Crippen LogP contribution >= 0.6 is 0 Å². The largest absolute Gasteiger partial charge is 0.480 e. The van der Waals surface area contributed by atoms with Gasteiger partial charge in [0.2, 0.25) is 5.91 Å². The van der Waals surface area contributed by atoms with Crippen LogP contribution < -0.4 is 16.0 Å². The van der Waals surface area contributed by atoms with Gasteiger partial charge in [0.25, 0.3) is 0 Å². The van der Waals surface area contributed by atoms with Crippen molar-refractivity contribution in [3.63, 3.8) is 0 Å². The minimum atomic E-state index is -1.06. The molecule has 4 N–H and O–H groups in total. The van der Waals surface area contributed by atoms with Crippen molar-refractivity contribution in [2.75, 3.05) is 6.54 Å². The first-order chi connectivity index (χ1) is 9.81. The molecule has 0 heterocycles. The predicted molar refractivity (Wildman–Crippen MR) is 79.9 cm³/mol. The molecule has 0 fully saturated rings. The second kappa shape index (κ2) is 10.0. The summed E-state index contributed by atoms with van der Waals surface area (Å²) in [5.41, 5.74) is 0. The number of urea groups is 1. The molecular weight excluding hydrogens is 274 g/mol. The maximum atomic E-state index is 11.6. The molecule has 0 aromatic carbocycles. The molecule has 0 aromatic rings. The summed E-state index contributed by atoms with van der Waals surface area (Å²) < 4.78 is 0. The van der Waals surface area contributed by atoms with Crippen LogP contribution in [0.2, 0.25) is 0 Å². The molecule has 7 heteroatoms. The van der Waals surface area contributed by atoms with Crippen molar-refractivity contribution >= 4 is 17.9 Å². The number of rotatable bonds is 9. The Balaban J connectivity index is 4.09. The van der Waals surface area contributed by atoms with Crippen molar-refractivity contribution < 1.29 is 19.5 Å². The van der Waals surface area contributed by atoms with Crippen molar-refractivity contribution in [1.29, 1.82) is 0 Å². The van der Waals surface area contributed by atoms with Crippen LogP contribution in [0, 0.1) is 5.92 Å². The van der Waals surface area contributed by atoms with Crippen molar-refractivity contribution in [2.24, 2.45) is 5.92 Å². The summed E-state index contributed by atoms with van der Waals surface area (Å²) in [5.74, 6) is -1.36. The molecule has 0 aliphatic heterocycles. The second-order valence-corrected chi connectivity index (χ2v) is 5.23. The number of hydrogen-bond acceptors (Lipinski definition) is 3. The van der Waals surface area contributed by atoms with E-state index in [1.807, 2.05) is 20.8 Å². The van der Waals surface area contributed by atoms with E-state index in [-0.39, 0.29) is 30.8 Å². The zero-order valence-electron chi connectivity index (χ0n) is 13.2. The minimum Gasteiger partial charge on any atom is -0.480 e. The van der Waals surface area contributed by atoms with Crippen LogP contribution in [-0.2, 0) is 9.59 Å². The standard InChI is InChI=1S/C14H27N3O4/c1-5-9(3)12(13(19)20)17-14(21)15-8-7-11(18)16-10(4)6-2/h9-10,12H,5-8H2,1-4H3,(H,16,18)(H,19,20)(H2,15,17,21)/t9?,10?,12-/m0/s1. The smallest absolute Gasteiger partial charge is 0.326 e. The van der Waals surface area contributed by atoms with Gasteiger partial charge >= 0.3 is 12.0 Å². The summed E-state index contributed by atoms with van der Waals surface area (Å²) in [6.45, 7) is 7.66. The Morgan fingerprint density at radius 3 is 2.14 bits per heavy atom. The summed E-state index contributed by atoms with van der Waals surface area (Å²) >= 11 is 0.